The van der Waals surface area contributed by atoms with Crippen LogP contribution in [0.5, 0.6) is 0 Å². The molecule has 38 valence electrons. The molecule has 0 aromatic rings. The van der Waals surface area contributed by atoms with Gasteiger partial charge in [0.1, 0.15) is 0 Å². The van der Waals surface area contributed by atoms with Crippen LogP contribution in [0.15, 0.2) is 0 Å². The average Bonchev–Trinajstić information content (AvgIpc) is 1.38. The fourth-order valence-electron chi connectivity index (χ4n) is 0. The highest BCUT2D eigenvalue weighted by atomic mass is 15.0. The van der Waals surface area contributed by atoms with Crippen molar-refractivity contribution in [1.82, 2.24) is 4.90 Å². The van der Waals surface area contributed by atoms with Crippen LogP contribution in [0.1, 0.15) is 11.2 Å². The number of rotatable bonds is 1. The molecule has 0 aromatic carbocycles. The van der Waals surface area contributed by atoms with E-state index in [9.17, 15) is 0 Å². The third-order valence-corrected chi connectivity index (χ3v) is 0.632. The van der Waals surface area contributed by atoms with Gasteiger partial charge in [-0.15, -0.1) is 0 Å². The van der Waals surface area contributed by atoms with Crippen LogP contribution in [0.4, 0.5) is 0 Å². The minimum absolute atomic E-state index is 0. The van der Waals surface area contributed by atoms with Crippen molar-refractivity contribution in [2.45, 2.75) is 6.92 Å². The molecule has 0 aliphatic rings. The second-order valence-corrected chi connectivity index (χ2v) is 1.40. The molecule has 0 radical (unpaired) electrons. The van der Waals surface area contributed by atoms with E-state index in [0.29, 0.717) is 0 Å². The Morgan fingerprint density at radius 2 is 1.80 bits per heavy atom. The van der Waals surface area contributed by atoms with Gasteiger partial charge in [-0.05, 0) is 20.6 Å². The fourth-order valence-corrected chi connectivity index (χ4v) is 0. The molecule has 1 nitrogen and oxygen atoms in total. The van der Waals surface area contributed by atoms with Crippen molar-refractivity contribution in [3.05, 3.63) is 0 Å². The normalized spacial score (nSPS) is 9.60. The molecule has 0 aromatic heterocycles. The maximum absolute atomic E-state index is 2.12. The molecule has 0 aliphatic carbocycles. The molecule has 0 saturated carbocycles. The summed E-state index contributed by atoms with van der Waals surface area (Å²) >= 11 is 0. The second kappa shape index (κ2) is 2.21. The molecule has 0 amide bonds. The lowest BCUT2D eigenvalue weighted by molar-refractivity contribution is 0.434. The van der Waals surface area contributed by atoms with E-state index in [1.165, 1.54) is 0 Å². The van der Waals surface area contributed by atoms with Crippen LogP contribution in [-0.2, 0) is 0 Å². The van der Waals surface area contributed by atoms with Gasteiger partial charge in [-0.2, -0.15) is 0 Å². The maximum atomic E-state index is 2.12. The molecule has 0 bridgehead atoms. The Balaban J connectivity index is -0.0000000267. The zero-order chi connectivity index (χ0) is 4.28. The van der Waals surface area contributed by atoms with E-state index in [1.54, 1.807) is 0 Å². The van der Waals surface area contributed by atoms with Gasteiger partial charge in [-0.1, -0.05) is 6.92 Å². The topological polar surface area (TPSA) is 3.24 Å². The second-order valence-electron chi connectivity index (χ2n) is 1.40. The highest BCUT2D eigenvalue weighted by Gasteiger charge is 1.72. The summed E-state index contributed by atoms with van der Waals surface area (Å²) in [6.07, 6.45) is 0. The van der Waals surface area contributed by atoms with Crippen LogP contribution in [0.3, 0.4) is 0 Å². The minimum Gasteiger partial charge on any atom is -0.310 e. The van der Waals surface area contributed by atoms with Gasteiger partial charge < -0.3 is 4.90 Å². The van der Waals surface area contributed by atoms with Crippen LogP contribution in [0.25, 0.3) is 0 Å². The van der Waals surface area contributed by atoms with Gasteiger partial charge in [-0.3, -0.25) is 0 Å². The molecule has 0 heterocycles. The van der Waals surface area contributed by atoms with Crippen LogP contribution in [0.2, 0.25) is 0 Å². The van der Waals surface area contributed by atoms with Gasteiger partial charge in [0.25, 0.3) is 0 Å². The smallest absolute Gasteiger partial charge is 0 e. The van der Waals surface area contributed by atoms with E-state index < -0.39 is 0 Å². The van der Waals surface area contributed by atoms with E-state index in [0.717, 1.165) is 6.54 Å². The van der Waals surface area contributed by atoms with Gasteiger partial charge in [0.05, 0.1) is 0 Å². The molecule has 0 N–H and O–H groups in total. The van der Waals surface area contributed by atoms with Crippen LogP contribution in [-0.4, -0.2) is 25.5 Å². The lowest BCUT2D eigenvalue weighted by Gasteiger charge is -2.00. The van der Waals surface area contributed by atoms with E-state index in [2.05, 4.69) is 25.9 Å². The molecule has 1 heteroatoms. The third kappa shape index (κ3) is 3.96. The Morgan fingerprint density at radius 3 is 1.80 bits per heavy atom. The number of hydrogen-bond donors (Lipinski definition) is 0. The van der Waals surface area contributed by atoms with Gasteiger partial charge >= 0.3 is 0 Å². The highest BCUT2D eigenvalue weighted by Crippen LogP contribution is 1.63. The molecule has 0 spiro atoms. The quantitative estimate of drug-likeness (QED) is 0.458. The first-order valence-corrected chi connectivity index (χ1v) is 1.92. The molecule has 0 fully saturated rings. The summed E-state index contributed by atoms with van der Waals surface area (Å²) in [5.74, 6) is 0. The summed E-state index contributed by atoms with van der Waals surface area (Å²) in [7, 11) is 4.11. The molecule has 0 aliphatic heterocycles. The lowest BCUT2D eigenvalue weighted by Crippen LogP contribution is -2.08. The summed E-state index contributed by atoms with van der Waals surface area (Å²) in [5.41, 5.74) is 0. The molecule has 0 atom stereocenters. The van der Waals surface area contributed by atoms with Crippen LogP contribution < -0.4 is 0 Å². The highest BCUT2D eigenvalue weighted by molar-refractivity contribution is 4.25. The first kappa shape index (κ1) is 4.96. The van der Waals surface area contributed by atoms with E-state index in [1.807, 2.05) is 0 Å². The van der Waals surface area contributed by atoms with Crippen molar-refractivity contribution in [3.8, 4) is 0 Å². The zero-order valence-corrected chi connectivity index (χ0v) is 4.15. The average molecular weight is 79.2 g/mol. The van der Waals surface area contributed by atoms with E-state index in [-0.39, 0.29) is 4.28 Å². The van der Waals surface area contributed by atoms with Gasteiger partial charge in [0, 0.05) is 4.28 Å². The SMILES string of the molecule is CCN(C)C.[HH].[HH].[HH]. The van der Waals surface area contributed by atoms with Crippen LogP contribution >= 0.6 is 0 Å². The monoisotopic (exact) mass is 79.1 g/mol. The number of hydrogen-bond acceptors (Lipinski definition) is 1. The fraction of sp³-hybridized carbons (Fsp3) is 1.00. The van der Waals surface area contributed by atoms with Crippen molar-refractivity contribution >= 4 is 0 Å². The van der Waals surface area contributed by atoms with Crippen molar-refractivity contribution in [2.24, 2.45) is 0 Å². The molecular formula is C4H17N. The summed E-state index contributed by atoms with van der Waals surface area (Å²) in [5, 5.41) is 0. The maximum Gasteiger partial charge on any atom is 0 e. The van der Waals surface area contributed by atoms with Gasteiger partial charge in [0.15, 0.2) is 0 Å². The zero-order valence-electron chi connectivity index (χ0n) is 4.15. The molecule has 5 heavy (non-hydrogen) atoms. The summed E-state index contributed by atoms with van der Waals surface area (Å²) in [6, 6.07) is 0. The summed E-state index contributed by atoms with van der Waals surface area (Å²) in [6.45, 7) is 3.26. The molecule has 0 saturated heterocycles. The van der Waals surface area contributed by atoms with Crippen molar-refractivity contribution in [2.75, 3.05) is 20.6 Å². The van der Waals surface area contributed by atoms with Crippen molar-refractivity contribution < 1.29 is 4.28 Å². The predicted octanol–water partition coefficient (Wildman–Crippen LogP) is 1.31. The van der Waals surface area contributed by atoms with Crippen molar-refractivity contribution in [3.63, 3.8) is 0 Å². The van der Waals surface area contributed by atoms with Crippen molar-refractivity contribution in [1.29, 1.82) is 0 Å². The predicted molar refractivity (Wildman–Crippen MR) is 30.6 cm³/mol. The van der Waals surface area contributed by atoms with E-state index >= 15 is 0 Å². The van der Waals surface area contributed by atoms with Gasteiger partial charge in [0.2, 0.25) is 0 Å². The Bertz CT molecular complexity index is 25.2. The molecular weight excluding hydrogens is 62.1 g/mol. The Labute approximate surface area is 38.0 Å². The van der Waals surface area contributed by atoms with Gasteiger partial charge in [-0.25, -0.2) is 0 Å². The summed E-state index contributed by atoms with van der Waals surface area (Å²) in [4.78, 5) is 2.12. The summed E-state index contributed by atoms with van der Waals surface area (Å²) < 4.78 is 0. The molecule has 0 rings (SSSR count). The Kier molecular flexibility index (Phi) is 2.19. The number of nitrogens with zero attached hydrogens (tertiary/aromatic N) is 1. The van der Waals surface area contributed by atoms with E-state index in [4.69, 9.17) is 0 Å². The lowest BCUT2D eigenvalue weighted by atomic mass is 10.7. The Hall–Kier alpha value is -0.0400. The first-order chi connectivity index (χ1) is 2.27. The molecule has 0 unspecified atom stereocenters. The minimum atomic E-state index is 0. The Morgan fingerprint density at radius 1 is 1.60 bits per heavy atom. The third-order valence-electron chi connectivity index (χ3n) is 0.632. The van der Waals surface area contributed by atoms with Crippen LogP contribution in [0, 0.1) is 0 Å². The standard InChI is InChI=1S/C4H11N.3H2/c1-4-5(2)3;;;/h4H2,1-3H3;3*1H. The largest absolute Gasteiger partial charge is 0.310 e. The first-order valence-electron chi connectivity index (χ1n) is 1.92.